The molecule has 78 valence electrons. The topological polar surface area (TPSA) is 37.3 Å². The Morgan fingerprint density at radius 2 is 1.64 bits per heavy atom. The normalized spacial score (nSPS) is 59.4. The minimum absolute atomic E-state index is 0.328. The fourth-order valence-corrected chi connectivity index (χ4v) is 5.05. The van der Waals surface area contributed by atoms with Gasteiger partial charge in [0.2, 0.25) is 0 Å². The van der Waals surface area contributed by atoms with Crippen molar-refractivity contribution in [1.29, 1.82) is 0 Å². The molecule has 1 N–H and O–H groups in total. The van der Waals surface area contributed by atoms with E-state index in [4.69, 9.17) is 0 Å². The van der Waals surface area contributed by atoms with Crippen LogP contribution in [0.5, 0.6) is 0 Å². The maximum atomic E-state index is 11.4. The van der Waals surface area contributed by atoms with Crippen molar-refractivity contribution in [3.63, 3.8) is 0 Å². The summed E-state index contributed by atoms with van der Waals surface area (Å²) in [6.45, 7) is 4.63. The molecule has 2 nitrogen and oxygen atoms in total. The molecule has 4 fully saturated rings. The van der Waals surface area contributed by atoms with Crippen molar-refractivity contribution in [2.75, 3.05) is 0 Å². The molecular formula is C12H18O2. The van der Waals surface area contributed by atoms with E-state index in [1.807, 2.05) is 0 Å². The van der Waals surface area contributed by atoms with E-state index in [-0.39, 0.29) is 5.41 Å². The summed E-state index contributed by atoms with van der Waals surface area (Å²) in [5.41, 5.74) is 0.313. The highest BCUT2D eigenvalue weighted by Gasteiger charge is 2.69. The molecule has 0 aromatic carbocycles. The lowest BCUT2D eigenvalue weighted by Gasteiger charge is -2.36. The van der Waals surface area contributed by atoms with E-state index < -0.39 is 5.97 Å². The van der Waals surface area contributed by atoms with Crippen LogP contribution in [-0.2, 0) is 4.79 Å². The molecule has 4 rings (SSSR count). The third-order valence-corrected chi connectivity index (χ3v) is 5.53. The smallest absolute Gasteiger partial charge is 0.309 e. The second-order valence-electron chi connectivity index (χ2n) is 6.54. The fourth-order valence-electron chi connectivity index (χ4n) is 5.05. The molecule has 0 radical (unpaired) electrons. The lowest BCUT2D eigenvalue weighted by Crippen LogP contribution is -2.36. The van der Waals surface area contributed by atoms with Crippen LogP contribution in [0.1, 0.15) is 46.0 Å². The van der Waals surface area contributed by atoms with Crippen LogP contribution in [0.15, 0.2) is 0 Å². The van der Waals surface area contributed by atoms with E-state index in [1.54, 1.807) is 0 Å². The quantitative estimate of drug-likeness (QED) is 0.696. The van der Waals surface area contributed by atoms with E-state index in [1.165, 1.54) is 12.8 Å². The number of carbonyl (C=O) groups is 1. The molecule has 0 heterocycles. The van der Waals surface area contributed by atoms with Crippen LogP contribution in [0, 0.1) is 22.2 Å². The van der Waals surface area contributed by atoms with Crippen LogP contribution in [-0.4, -0.2) is 11.1 Å². The van der Waals surface area contributed by atoms with Crippen LogP contribution in [0.2, 0.25) is 0 Å². The van der Waals surface area contributed by atoms with Crippen LogP contribution in [0.4, 0.5) is 0 Å². The number of carboxylic acid groups (broad SMARTS) is 1. The van der Waals surface area contributed by atoms with Crippen molar-refractivity contribution >= 4 is 5.97 Å². The Labute approximate surface area is 84.7 Å². The first-order valence-electron chi connectivity index (χ1n) is 5.63. The molecule has 4 saturated carbocycles. The van der Waals surface area contributed by atoms with Gasteiger partial charge in [0.25, 0.3) is 0 Å². The van der Waals surface area contributed by atoms with Gasteiger partial charge >= 0.3 is 5.97 Å². The van der Waals surface area contributed by atoms with Gasteiger partial charge in [-0.3, -0.25) is 4.79 Å². The van der Waals surface area contributed by atoms with E-state index in [9.17, 15) is 9.90 Å². The standard InChI is InChI=1S/C12H18O2/c1-10-3-8-4-11(10,2)7-12(5-8,6-10)9(13)14/h8H,3-7H2,1-2H3,(H,13,14). The summed E-state index contributed by atoms with van der Waals surface area (Å²) in [6, 6.07) is 0. The molecule has 4 aliphatic carbocycles. The lowest BCUT2D eigenvalue weighted by atomic mass is 9.67. The van der Waals surface area contributed by atoms with Gasteiger partial charge in [0, 0.05) is 0 Å². The zero-order valence-electron chi connectivity index (χ0n) is 8.97. The molecule has 0 amide bonds. The predicted octanol–water partition coefficient (Wildman–Crippen LogP) is 2.68. The highest BCUT2D eigenvalue weighted by molar-refractivity contribution is 5.76. The van der Waals surface area contributed by atoms with Crippen LogP contribution >= 0.6 is 0 Å². The molecule has 0 spiro atoms. The van der Waals surface area contributed by atoms with Gasteiger partial charge in [0.05, 0.1) is 5.41 Å². The summed E-state index contributed by atoms with van der Waals surface area (Å²) in [6.07, 6.45) is 5.37. The van der Waals surface area contributed by atoms with Crippen molar-refractivity contribution in [2.24, 2.45) is 22.2 Å². The van der Waals surface area contributed by atoms with Gasteiger partial charge in [-0.15, -0.1) is 0 Å². The van der Waals surface area contributed by atoms with Gasteiger partial charge < -0.3 is 5.11 Å². The van der Waals surface area contributed by atoms with Gasteiger partial charge in [-0.25, -0.2) is 0 Å². The molecule has 0 aromatic rings. The molecule has 2 heteroatoms. The first kappa shape index (κ1) is 8.75. The molecule has 0 saturated heterocycles. The van der Waals surface area contributed by atoms with Crippen LogP contribution in [0.3, 0.4) is 0 Å². The molecule has 0 aliphatic heterocycles. The summed E-state index contributed by atoms with van der Waals surface area (Å²) >= 11 is 0. The monoisotopic (exact) mass is 194 g/mol. The average molecular weight is 194 g/mol. The van der Waals surface area contributed by atoms with Crippen LogP contribution in [0.25, 0.3) is 0 Å². The van der Waals surface area contributed by atoms with Gasteiger partial charge in [0.1, 0.15) is 0 Å². The maximum Gasteiger partial charge on any atom is 0.309 e. The van der Waals surface area contributed by atoms with Crippen molar-refractivity contribution in [2.45, 2.75) is 46.0 Å². The Morgan fingerprint density at radius 1 is 1.14 bits per heavy atom. The first-order valence-corrected chi connectivity index (χ1v) is 5.63. The summed E-state index contributed by atoms with van der Waals surface area (Å²) in [7, 11) is 0. The summed E-state index contributed by atoms with van der Waals surface area (Å²) < 4.78 is 0. The summed E-state index contributed by atoms with van der Waals surface area (Å²) in [5, 5.41) is 9.38. The lowest BCUT2D eigenvalue weighted by molar-refractivity contribution is -0.152. The third-order valence-electron chi connectivity index (χ3n) is 5.53. The number of hydrogen-bond acceptors (Lipinski definition) is 1. The maximum absolute atomic E-state index is 11.4. The third kappa shape index (κ3) is 0.731. The van der Waals surface area contributed by atoms with Gasteiger partial charge in [0.15, 0.2) is 0 Å². The van der Waals surface area contributed by atoms with Gasteiger partial charge in [-0.2, -0.15) is 0 Å². The highest BCUT2D eigenvalue weighted by atomic mass is 16.4. The zero-order valence-corrected chi connectivity index (χ0v) is 8.97. The molecule has 4 aliphatic rings. The van der Waals surface area contributed by atoms with E-state index >= 15 is 0 Å². The summed E-state index contributed by atoms with van der Waals surface area (Å²) in [4.78, 5) is 11.4. The fraction of sp³-hybridized carbons (Fsp3) is 0.917. The van der Waals surface area contributed by atoms with Crippen LogP contribution < -0.4 is 0 Å². The Hall–Kier alpha value is -0.530. The Bertz CT molecular complexity index is 302. The Balaban J connectivity index is 2.09. The average Bonchev–Trinajstić information content (AvgIpc) is 2.25. The zero-order chi connectivity index (χ0) is 10.2. The molecule has 2 atom stereocenters. The number of carboxylic acids is 1. The van der Waals surface area contributed by atoms with Crippen molar-refractivity contribution < 1.29 is 9.90 Å². The second kappa shape index (κ2) is 2.02. The van der Waals surface area contributed by atoms with Crippen molar-refractivity contribution in [3.05, 3.63) is 0 Å². The van der Waals surface area contributed by atoms with Gasteiger partial charge in [-0.05, 0) is 48.9 Å². The van der Waals surface area contributed by atoms with Crippen molar-refractivity contribution in [1.82, 2.24) is 0 Å². The number of rotatable bonds is 1. The van der Waals surface area contributed by atoms with E-state index in [0.29, 0.717) is 16.7 Å². The number of hydrogen-bond donors (Lipinski definition) is 1. The largest absolute Gasteiger partial charge is 0.481 e. The molecule has 4 bridgehead atoms. The predicted molar refractivity (Wildman–Crippen MR) is 52.9 cm³/mol. The Kier molecular flexibility index (Phi) is 1.27. The van der Waals surface area contributed by atoms with E-state index in [0.717, 1.165) is 19.3 Å². The molecule has 2 unspecified atom stereocenters. The minimum Gasteiger partial charge on any atom is -0.481 e. The highest BCUT2D eigenvalue weighted by Crippen LogP contribution is 2.76. The van der Waals surface area contributed by atoms with Gasteiger partial charge in [-0.1, -0.05) is 13.8 Å². The first-order chi connectivity index (χ1) is 6.39. The number of aliphatic carboxylic acids is 1. The Morgan fingerprint density at radius 3 is 2.00 bits per heavy atom. The van der Waals surface area contributed by atoms with E-state index in [2.05, 4.69) is 13.8 Å². The molecular weight excluding hydrogens is 176 g/mol. The minimum atomic E-state index is -0.531. The van der Waals surface area contributed by atoms with Crippen molar-refractivity contribution in [3.8, 4) is 0 Å². The molecule has 14 heavy (non-hydrogen) atoms. The second-order valence-corrected chi connectivity index (χ2v) is 6.54. The molecule has 0 aromatic heterocycles. The summed E-state index contributed by atoms with van der Waals surface area (Å²) in [5.74, 6) is 0.167. The SMILES string of the molecule is CC12CC3CC(C(=O)O)(C1)CC2(C)C3.